The van der Waals surface area contributed by atoms with Gasteiger partial charge in [-0.25, -0.2) is 4.98 Å². The number of hydrogen-bond acceptors (Lipinski definition) is 4. The molecule has 2 N–H and O–H groups in total. The lowest BCUT2D eigenvalue weighted by molar-refractivity contribution is -0.126. The van der Waals surface area contributed by atoms with Crippen LogP contribution in [0.3, 0.4) is 0 Å². The molecule has 2 aromatic rings. The molecule has 0 aliphatic carbocycles. The van der Waals surface area contributed by atoms with Gasteiger partial charge in [0.1, 0.15) is 6.42 Å². The van der Waals surface area contributed by atoms with Crippen molar-refractivity contribution in [2.45, 2.75) is 40.0 Å². The van der Waals surface area contributed by atoms with Crippen LogP contribution >= 0.6 is 22.9 Å². The molecule has 2 rings (SSSR count). The summed E-state index contributed by atoms with van der Waals surface area (Å²) in [5.74, 6) is -0.641. The SMILES string of the molecule is Cc1ccc(Cl)cc1NC(=O)CC(=O)NCCCc1nc(C)c(C)s1. The third kappa shape index (κ3) is 6.14. The molecule has 1 heterocycles. The Hall–Kier alpha value is -1.92. The quantitative estimate of drug-likeness (QED) is 0.567. The van der Waals surface area contributed by atoms with Crippen molar-refractivity contribution < 1.29 is 9.59 Å². The summed E-state index contributed by atoms with van der Waals surface area (Å²) in [7, 11) is 0. The zero-order valence-electron chi connectivity index (χ0n) is 14.6. The molecule has 2 amide bonds. The first-order valence-electron chi connectivity index (χ1n) is 8.10. The van der Waals surface area contributed by atoms with Crippen molar-refractivity contribution in [3.8, 4) is 0 Å². The molecule has 1 aromatic heterocycles. The second-order valence-electron chi connectivity index (χ2n) is 5.89. The summed E-state index contributed by atoms with van der Waals surface area (Å²) in [6.45, 7) is 6.45. The first-order valence-corrected chi connectivity index (χ1v) is 9.30. The van der Waals surface area contributed by atoms with Gasteiger partial charge in [-0.3, -0.25) is 9.59 Å². The fourth-order valence-corrected chi connectivity index (χ4v) is 3.39. The molecule has 0 saturated heterocycles. The van der Waals surface area contributed by atoms with Gasteiger partial charge in [0.15, 0.2) is 0 Å². The standard InChI is InChI=1S/C18H22ClN3O2S/c1-11-6-7-14(19)9-15(11)22-17(24)10-16(23)20-8-4-5-18-21-12(2)13(3)25-18/h6-7,9H,4-5,8,10H2,1-3H3,(H,20,23)(H,22,24). The molecule has 25 heavy (non-hydrogen) atoms. The Morgan fingerprint density at radius 1 is 1.20 bits per heavy atom. The maximum Gasteiger partial charge on any atom is 0.233 e. The smallest absolute Gasteiger partial charge is 0.233 e. The maximum atomic E-state index is 12.0. The van der Waals surface area contributed by atoms with Crippen LogP contribution in [0.15, 0.2) is 18.2 Å². The Bertz CT molecular complexity index is 754. The molecule has 0 radical (unpaired) electrons. The molecule has 0 atom stereocenters. The summed E-state index contributed by atoms with van der Waals surface area (Å²) >= 11 is 7.61. The van der Waals surface area contributed by atoms with Crippen molar-refractivity contribution in [2.75, 3.05) is 11.9 Å². The van der Waals surface area contributed by atoms with Crippen molar-refractivity contribution >= 4 is 40.4 Å². The first kappa shape index (κ1) is 19.4. The summed E-state index contributed by atoms with van der Waals surface area (Å²) in [4.78, 5) is 29.5. The second kappa shape index (κ2) is 8.97. The van der Waals surface area contributed by atoms with E-state index in [0.717, 1.165) is 29.1 Å². The highest BCUT2D eigenvalue weighted by molar-refractivity contribution is 7.11. The largest absolute Gasteiger partial charge is 0.356 e. The van der Waals surface area contributed by atoms with Gasteiger partial charge >= 0.3 is 0 Å². The molecule has 0 bridgehead atoms. The van der Waals surface area contributed by atoms with Gasteiger partial charge < -0.3 is 10.6 Å². The number of carbonyl (C=O) groups is 2. The van der Waals surface area contributed by atoms with Crippen LogP contribution in [-0.4, -0.2) is 23.3 Å². The number of hydrogen-bond donors (Lipinski definition) is 2. The molecule has 0 unspecified atom stereocenters. The molecule has 5 nitrogen and oxygen atoms in total. The predicted octanol–water partition coefficient (Wildman–Crippen LogP) is 3.80. The minimum atomic E-state index is -0.353. The zero-order chi connectivity index (χ0) is 18.4. The number of anilines is 1. The Balaban J connectivity index is 1.70. The first-order chi connectivity index (χ1) is 11.8. The van der Waals surface area contributed by atoms with E-state index < -0.39 is 0 Å². The topological polar surface area (TPSA) is 71.1 Å². The fourth-order valence-electron chi connectivity index (χ4n) is 2.25. The van der Waals surface area contributed by atoms with Crippen LogP contribution in [-0.2, 0) is 16.0 Å². The highest BCUT2D eigenvalue weighted by Crippen LogP contribution is 2.20. The van der Waals surface area contributed by atoms with E-state index in [4.69, 9.17) is 11.6 Å². The summed E-state index contributed by atoms with van der Waals surface area (Å²) in [5, 5.41) is 7.10. The highest BCUT2D eigenvalue weighted by Gasteiger charge is 2.11. The molecule has 7 heteroatoms. The van der Waals surface area contributed by atoms with E-state index in [0.29, 0.717) is 17.3 Å². The van der Waals surface area contributed by atoms with Gasteiger partial charge in [-0.05, 0) is 44.9 Å². The number of amides is 2. The fraction of sp³-hybridized carbons (Fsp3) is 0.389. The normalized spacial score (nSPS) is 10.6. The molecule has 1 aromatic carbocycles. The summed E-state index contributed by atoms with van der Waals surface area (Å²) in [6.07, 6.45) is 1.42. The van der Waals surface area contributed by atoms with E-state index in [1.807, 2.05) is 19.9 Å². The number of thiazole rings is 1. The third-order valence-corrected chi connectivity index (χ3v) is 5.12. The number of halogens is 1. The van der Waals surface area contributed by atoms with E-state index >= 15 is 0 Å². The molecule has 0 fully saturated rings. The number of benzene rings is 1. The van der Waals surface area contributed by atoms with Crippen molar-refractivity contribution in [3.63, 3.8) is 0 Å². The van der Waals surface area contributed by atoms with E-state index in [9.17, 15) is 9.59 Å². The molecular weight excluding hydrogens is 358 g/mol. The van der Waals surface area contributed by atoms with Gasteiger partial charge in [0.25, 0.3) is 0 Å². The molecule has 134 valence electrons. The molecule has 0 aliphatic heterocycles. The summed E-state index contributed by atoms with van der Waals surface area (Å²) in [6, 6.07) is 5.25. The van der Waals surface area contributed by atoms with Crippen LogP contribution in [0.1, 0.15) is 34.0 Å². The Morgan fingerprint density at radius 3 is 2.64 bits per heavy atom. The predicted molar refractivity (Wildman–Crippen MR) is 102 cm³/mol. The van der Waals surface area contributed by atoms with Crippen molar-refractivity contribution in [3.05, 3.63) is 44.4 Å². The number of carbonyl (C=O) groups excluding carboxylic acids is 2. The van der Waals surface area contributed by atoms with E-state index in [1.54, 1.807) is 23.5 Å². The Morgan fingerprint density at radius 2 is 1.96 bits per heavy atom. The van der Waals surface area contributed by atoms with E-state index in [2.05, 4.69) is 22.5 Å². The van der Waals surface area contributed by atoms with Gasteiger partial charge in [0, 0.05) is 28.6 Å². The monoisotopic (exact) mass is 379 g/mol. The summed E-state index contributed by atoms with van der Waals surface area (Å²) < 4.78 is 0. The second-order valence-corrected chi connectivity index (χ2v) is 7.61. The third-order valence-electron chi connectivity index (χ3n) is 3.76. The molecule has 0 saturated carbocycles. The van der Waals surface area contributed by atoms with Gasteiger partial charge in [0.2, 0.25) is 11.8 Å². The lowest BCUT2D eigenvalue weighted by atomic mass is 10.2. The number of nitrogens with one attached hydrogen (secondary N) is 2. The lowest BCUT2D eigenvalue weighted by Crippen LogP contribution is -2.29. The number of rotatable bonds is 7. The summed E-state index contributed by atoms with van der Waals surface area (Å²) in [5.41, 5.74) is 2.59. The highest BCUT2D eigenvalue weighted by atomic mass is 35.5. The average Bonchev–Trinajstić information content (AvgIpc) is 2.86. The Labute approximate surface area is 156 Å². The minimum Gasteiger partial charge on any atom is -0.356 e. The average molecular weight is 380 g/mol. The zero-order valence-corrected chi connectivity index (χ0v) is 16.2. The number of nitrogens with zero attached hydrogens (tertiary/aromatic N) is 1. The van der Waals surface area contributed by atoms with E-state index in [-0.39, 0.29) is 18.2 Å². The number of aromatic nitrogens is 1. The van der Waals surface area contributed by atoms with Crippen LogP contribution in [0.4, 0.5) is 5.69 Å². The number of aryl methyl sites for hydroxylation is 4. The van der Waals surface area contributed by atoms with E-state index in [1.165, 1.54) is 4.88 Å². The van der Waals surface area contributed by atoms with Gasteiger partial charge in [-0.1, -0.05) is 17.7 Å². The Kier molecular flexibility index (Phi) is 6.96. The van der Waals surface area contributed by atoms with Crippen molar-refractivity contribution in [1.82, 2.24) is 10.3 Å². The molecule has 0 aliphatic rings. The van der Waals surface area contributed by atoms with Crippen LogP contribution < -0.4 is 10.6 Å². The van der Waals surface area contributed by atoms with Crippen LogP contribution in [0.2, 0.25) is 5.02 Å². The van der Waals surface area contributed by atoms with Crippen molar-refractivity contribution in [2.24, 2.45) is 0 Å². The van der Waals surface area contributed by atoms with Gasteiger partial charge in [-0.2, -0.15) is 0 Å². The minimum absolute atomic E-state index is 0.207. The molecular formula is C18H22ClN3O2S. The van der Waals surface area contributed by atoms with Crippen LogP contribution in [0, 0.1) is 20.8 Å². The van der Waals surface area contributed by atoms with Crippen LogP contribution in [0.5, 0.6) is 0 Å². The van der Waals surface area contributed by atoms with Gasteiger partial charge in [-0.15, -0.1) is 11.3 Å². The van der Waals surface area contributed by atoms with Crippen LogP contribution in [0.25, 0.3) is 0 Å². The maximum absolute atomic E-state index is 12.0. The van der Waals surface area contributed by atoms with Crippen molar-refractivity contribution in [1.29, 1.82) is 0 Å². The molecule has 0 spiro atoms. The van der Waals surface area contributed by atoms with Gasteiger partial charge in [0.05, 0.1) is 10.7 Å². The lowest BCUT2D eigenvalue weighted by Gasteiger charge is -2.09.